The normalized spacial score (nSPS) is 18.6. The molecule has 0 radical (unpaired) electrons. The molecule has 0 bridgehead atoms. The van der Waals surface area contributed by atoms with E-state index in [9.17, 15) is 4.39 Å². The molecule has 1 heterocycles. The van der Waals surface area contributed by atoms with Crippen LogP contribution in [0.15, 0.2) is 18.2 Å². The Labute approximate surface area is 116 Å². The molecule has 3 nitrogen and oxygen atoms in total. The highest BCUT2D eigenvalue weighted by atomic mass is 35.5. The summed E-state index contributed by atoms with van der Waals surface area (Å²) in [6, 6.07) is 4.19. The fourth-order valence-corrected chi connectivity index (χ4v) is 2.75. The summed E-state index contributed by atoms with van der Waals surface area (Å²) in [5, 5.41) is 3.60. The fourth-order valence-electron chi connectivity index (χ4n) is 2.22. The summed E-state index contributed by atoms with van der Waals surface area (Å²) in [5.74, 6) is -0.362. The predicted octanol–water partition coefficient (Wildman–Crippen LogP) is 1.71. The van der Waals surface area contributed by atoms with E-state index in [2.05, 4.69) is 10.2 Å². The van der Waals surface area contributed by atoms with Gasteiger partial charge in [0.15, 0.2) is 0 Å². The molecule has 0 saturated carbocycles. The van der Waals surface area contributed by atoms with Gasteiger partial charge < -0.3 is 11.1 Å². The minimum Gasteiger partial charge on any atom is -0.392 e. The van der Waals surface area contributed by atoms with E-state index in [1.807, 2.05) is 0 Å². The minimum absolute atomic E-state index is 0.254. The van der Waals surface area contributed by atoms with E-state index in [1.165, 1.54) is 6.07 Å². The van der Waals surface area contributed by atoms with Crippen LogP contribution in [0.3, 0.4) is 0 Å². The third kappa shape index (κ3) is 2.80. The van der Waals surface area contributed by atoms with Gasteiger partial charge in [0.2, 0.25) is 0 Å². The molecule has 1 aliphatic heterocycles. The van der Waals surface area contributed by atoms with Crippen molar-refractivity contribution in [1.82, 2.24) is 10.2 Å². The van der Waals surface area contributed by atoms with Crippen molar-refractivity contribution in [1.29, 1.82) is 0 Å². The molecule has 2 rings (SSSR count). The van der Waals surface area contributed by atoms with Crippen molar-refractivity contribution >= 4 is 28.8 Å². The molecule has 1 fully saturated rings. The topological polar surface area (TPSA) is 41.3 Å². The Morgan fingerprint density at radius 2 is 2.11 bits per heavy atom. The average Bonchev–Trinajstić information content (AvgIpc) is 2.34. The van der Waals surface area contributed by atoms with Crippen LogP contribution >= 0.6 is 23.8 Å². The van der Waals surface area contributed by atoms with E-state index in [0.717, 1.165) is 26.2 Å². The summed E-state index contributed by atoms with van der Waals surface area (Å²) in [5.41, 5.74) is 6.16. The zero-order valence-electron chi connectivity index (χ0n) is 9.83. The summed E-state index contributed by atoms with van der Waals surface area (Å²) in [6.07, 6.45) is 0. The van der Waals surface area contributed by atoms with Crippen molar-refractivity contribution in [3.63, 3.8) is 0 Å². The molecular weight excluding hydrogens is 273 g/mol. The highest BCUT2D eigenvalue weighted by molar-refractivity contribution is 7.80. The van der Waals surface area contributed by atoms with Crippen LogP contribution in [-0.2, 0) is 0 Å². The van der Waals surface area contributed by atoms with Crippen molar-refractivity contribution in [2.45, 2.75) is 6.04 Å². The van der Waals surface area contributed by atoms with E-state index in [0.29, 0.717) is 10.6 Å². The number of hydrogen-bond acceptors (Lipinski definition) is 3. The molecule has 3 N–H and O–H groups in total. The molecule has 1 aromatic rings. The van der Waals surface area contributed by atoms with Gasteiger partial charge in [-0.2, -0.15) is 0 Å². The van der Waals surface area contributed by atoms with Gasteiger partial charge in [0, 0.05) is 36.8 Å². The molecule has 0 aromatic heterocycles. The molecule has 0 aliphatic carbocycles. The van der Waals surface area contributed by atoms with Crippen LogP contribution < -0.4 is 11.1 Å². The van der Waals surface area contributed by atoms with Gasteiger partial charge in [-0.05, 0) is 12.1 Å². The Bertz CT molecular complexity index is 429. The highest BCUT2D eigenvalue weighted by Crippen LogP contribution is 2.30. The van der Waals surface area contributed by atoms with Crippen molar-refractivity contribution in [3.8, 4) is 0 Å². The lowest BCUT2D eigenvalue weighted by Crippen LogP contribution is -2.48. The first kappa shape index (κ1) is 13.7. The standard InChI is InChI=1S/C12H15ClFN3S/c13-8-2-1-3-9(14)10(8)11(12(15)18)17-6-4-16-5-7-17/h1-3,11,16H,4-7H2,(H2,15,18). The summed E-state index contributed by atoms with van der Waals surface area (Å²) in [6.45, 7) is 3.22. The first-order chi connectivity index (χ1) is 8.61. The SMILES string of the molecule is NC(=S)C(c1c(F)cccc1Cl)N1CCNCC1. The van der Waals surface area contributed by atoms with Gasteiger partial charge in [-0.25, -0.2) is 4.39 Å². The van der Waals surface area contributed by atoms with Crippen LogP contribution in [0, 0.1) is 5.82 Å². The molecule has 1 aliphatic rings. The zero-order chi connectivity index (χ0) is 13.1. The highest BCUT2D eigenvalue weighted by Gasteiger charge is 2.28. The second-order valence-electron chi connectivity index (χ2n) is 4.23. The number of nitrogens with one attached hydrogen (secondary N) is 1. The molecule has 98 valence electrons. The molecule has 0 spiro atoms. The van der Waals surface area contributed by atoms with Gasteiger partial charge in [-0.3, -0.25) is 4.90 Å². The second kappa shape index (κ2) is 5.93. The van der Waals surface area contributed by atoms with Gasteiger partial charge in [-0.15, -0.1) is 0 Å². The van der Waals surface area contributed by atoms with E-state index in [-0.39, 0.29) is 10.8 Å². The lowest BCUT2D eigenvalue weighted by Gasteiger charge is -2.35. The van der Waals surface area contributed by atoms with E-state index < -0.39 is 6.04 Å². The van der Waals surface area contributed by atoms with E-state index >= 15 is 0 Å². The summed E-state index contributed by atoms with van der Waals surface area (Å²) < 4.78 is 14.0. The van der Waals surface area contributed by atoms with E-state index in [1.54, 1.807) is 12.1 Å². The lowest BCUT2D eigenvalue weighted by molar-refractivity contribution is 0.212. The molecule has 1 saturated heterocycles. The summed E-state index contributed by atoms with van der Waals surface area (Å²) in [7, 11) is 0. The largest absolute Gasteiger partial charge is 0.392 e. The first-order valence-electron chi connectivity index (χ1n) is 5.79. The third-order valence-electron chi connectivity index (χ3n) is 3.06. The van der Waals surface area contributed by atoms with Gasteiger partial charge >= 0.3 is 0 Å². The second-order valence-corrected chi connectivity index (χ2v) is 5.10. The molecule has 1 aromatic carbocycles. The van der Waals surface area contributed by atoms with Crippen molar-refractivity contribution in [2.75, 3.05) is 26.2 Å². The van der Waals surface area contributed by atoms with Crippen molar-refractivity contribution in [2.24, 2.45) is 5.73 Å². The summed E-state index contributed by atoms with van der Waals surface area (Å²) in [4.78, 5) is 2.31. The van der Waals surface area contributed by atoms with Gasteiger partial charge in [-0.1, -0.05) is 29.9 Å². The Morgan fingerprint density at radius 1 is 1.44 bits per heavy atom. The Balaban J connectivity index is 2.37. The van der Waals surface area contributed by atoms with Gasteiger partial charge in [0.05, 0.1) is 11.0 Å². The third-order valence-corrected chi connectivity index (χ3v) is 3.61. The first-order valence-corrected chi connectivity index (χ1v) is 6.58. The maximum absolute atomic E-state index is 14.0. The van der Waals surface area contributed by atoms with Crippen LogP contribution in [-0.4, -0.2) is 36.1 Å². The number of rotatable bonds is 3. The van der Waals surface area contributed by atoms with Gasteiger partial charge in [0.25, 0.3) is 0 Å². The average molecular weight is 288 g/mol. The quantitative estimate of drug-likeness (QED) is 0.831. The lowest BCUT2D eigenvalue weighted by atomic mass is 10.0. The van der Waals surface area contributed by atoms with Crippen LogP contribution in [0.4, 0.5) is 4.39 Å². The monoisotopic (exact) mass is 287 g/mol. The van der Waals surface area contributed by atoms with Crippen LogP contribution in [0.2, 0.25) is 5.02 Å². The van der Waals surface area contributed by atoms with Crippen LogP contribution in [0.1, 0.15) is 11.6 Å². The minimum atomic E-state index is -0.434. The van der Waals surface area contributed by atoms with Crippen LogP contribution in [0.25, 0.3) is 0 Å². The number of halogens is 2. The van der Waals surface area contributed by atoms with Crippen molar-refractivity contribution < 1.29 is 4.39 Å². The number of benzene rings is 1. The molecule has 0 amide bonds. The number of thiocarbonyl (C=S) groups is 1. The Morgan fingerprint density at radius 3 is 2.67 bits per heavy atom. The molecule has 1 unspecified atom stereocenters. The summed E-state index contributed by atoms with van der Waals surface area (Å²) >= 11 is 11.2. The molecular formula is C12H15ClFN3S. The number of nitrogens with zero attached hydrogens (tertiary/aromatic N) is 1. The maximum Gasteiger partial charge on any atom is 0.129 e. The number of nitrogens with two attached hydrogens (primary N) is 1. The van der Waals surface area contributed by atoms with Crippen molar-refractivity contribution in [3.05, 3.63) is 34.6 Å². The molecule has 1 atom stereocenters. The predicted molar refractivity (Wildman–Crippen MR) is 75.4 cm³/mol. The van der Waals surface area contributed by atoms with Gasteiger partial charge in [0.1, 0.15) is 5.82 Å². The number of piperazine rings is 1. The Kier molecular flexibility index (Phi) is 4.50. The number of hydrogen-bond donors (Lipinski definition) is 2. The molecule has 18 heavy (non-hydrogen) atoms. The smallest absolute Gasteiger partial charge is 0.129 e. The Hall–Kier alpha value is -0.750. The fraction of sp³-hybridized carbons (Fsp3) is 0.417. The molecule has 6 heteroatoms. The maximum atomic E-state index is 14.0. The van der Waals surface area contributed by atoms with E-state index in [4.69, 9.17) is 29.6 Å². The zero-order valence-corrected chi connectivity index (χ0v) is 11.4. The van der Waals surface area contributed by atoms with Crippen LogP contribution in [0.5, 0.6) is 0 Å².